The highest BCUT2D eigenvalue weighted by Gasteiger charge is 2.27. The number of amides is 1. The Bertz CT molecular complexity index is 629. The van der Waals surface area contributed by atoms with E-state index in [1.54, 1.807) is 0 Å². The van der Waals surface area contributed by atoms with Crippen LogP contribution in [0.25, 0.3) is 0 Å². The molecule has 8 heteroatoms. The molecule has 7 nitrogen and oxygen atoms in total. The maximum Gasteiger partial charge on any atom is 0.410 e. The molecule has 1 aromatic rings. The van der Waals surface area contributed by atoms with Gasteiger partial charge in [0.25, 0.3) is 0 Å². The second-order valence-corrected chi connectivity index (χ2v) is 9.61. The van der Waals surface area contributed by atoms with E-state index in [1.165, 1.54) is 18.0 Å². The van der Waals surface area contributed by atoms with E-state index in [0.717, 1.165) is 76.0 Å². The summed E-state index contributed by atoms with van der Waals surface area (Å²) in [6, 6.07) is 0. The van der Waals surface area contributed by atoms with E-state index < -0.39 is 5.60 Å². The van der Waals surface area contributed by atoms with Crippen LogP contribution in [0.2, 0.25) is 0 Å². The zero-order chi connectivity index (χ0) is 20.1. The largest absolute Gasteiger partial charge is 0.444 e. The second-order valence-electron chi connectivity index (χ2n) is 8.87. The Morgan fingerprint density at radius 2 is 1.82 bits per heavy atom. The quantitative estimate of drug-likeness (QED) is 0.744. The van der Waals surface area contributed by atoms with Crippen LogP contribution in [0.5, 0.6) is 0 Å². The van der Waals surface area contributed by atoms with Gasteiger partial charge in [0.05, 0.1) is 0 Å². The van der Waals surface area contributed by atoms with Crippen molar-refractivity contribution in [2.75, 3.05) is 50.7 Å². The van der Waals surface area contributed by atoms with E-state index in [9.17, 15) is 4.79 Å². The standard InChI is InChI=1S/C20H35N5O2S/c1-5-17-21-18(28-22-17)24-14-12-23(13-15-24)9-6-16-7-10-25(11-8-16)19(26)27-20(2,3)4/h16H,5-15H2,1-4H3. The number of aryl methyl sites for hydroxylation is 1. The highest BCUT2D eigenvalue weighted by molar-refractivity contribution is 7.09. The van der Waals surface area contributed by atoms with Gasteiger partial charge in [0.15, 0.2) is 0 Å². The first-order valence-electron chi connectivity index (χ1n) is 10.6. The number of likely N-dealkylation sites (tertiary alicyclic amines) is 1. The molecule has 0 spiro atoms. The number of anilines is 1. The summed E-state index contributed by atoms with van der Waals surface area (Å²) in [5, 5.41) is 1.08. The van der Waals surface area contributed by atoms with E-state index in [1.807, 2.05) is 25.7 Å². The van der Waals surface area contributed by atoms with Crippen LogP contribution in [-0.2, 0) is 11.2 Å². The van der Waals surface area contributed by atoms with Crippen molar-refractivity contribution in [2.24, 2.45) is 5.92 Å². The smallest absolute Gasteiger partial charge is 0.410 e. The number of aromatic nitrogens is 2. The average molecular weight is 410 g/mol. The van der Waals surface area contributed by atoms with Gasteiger partial charge in [0, 0.05) is 57.2 Å². The zero-order valence-electron chi connectivity index (χ0n) is 17.8. The van der Waals surface area contributed by atoms with Gasteiger partial charge in [0.2, 0.25) is 5.13 Å². The molecular formula is C20H35N5O2S. The number of piperidine rings is 1. The van der Waals surface area contributed by atoms with Crippen molar-refractivity contribution in [3.63, 3.8) is 0 Å². The minimum absolute atomic E-state index is 0.162. The van der Waals surface area contributed by atoms with Gasteiger partial charge in [-0.2, -0.15) is 4.37 Å². The lowest BCUT2D eigenvalue weighted by Gasteiger charge is -2.36. The number of hydrogen-bond acceptors (Lipinski definition) is 7. The molecule has 1 aromatic heterocycles. The molecule has 0 bridgehead atoms. The highest BCUT2D eigenvalue weighted by atomic mass is 32.1. The molecule has 158 valence electrons. The van der Waals surface area contributed by atoms with Crippen LogP contribution in [0, 0.1) is 5.92 Å². The molecule has 0 radical (unpaired) electrons. The lowest BCUT2D eigenvalue weighted by molar-refractivity contribution is 0.0177. The number of ether oxygens (including phenoxy) is 1. The van der Waals surface area contributed by atoms with Crippen molar-refractivity contribution in [3.8, 4) is 0 Å². The number of nitrogens with zero attached hydrogens (tertiary/aromatic N) is 5. The number of piperazine rings is 1. The summed E-state index contributed by atoms with van der Waals surface area (Å²) < 4.78 is 9.89. The molecule has 1 amide bonds. The summed E-state index contributed by atoms with van der Waals surface area (Å²) in [6.45, 7) is 14.9. The van der Waals surface area contributed by atoms with E-state index >= 15 is 0 Å². The molecule has 2 aliphatic heterocycles. The van der Waals surface area contributed by atoms with Crippen LogP contribution in [0.3, 0.4) is 0 Å². The van der Waals surface area contributed by atoms with Crippen molar-refractivity contribution >= 4 is 22.8 Å². The van der Waals surface area contributed by atoms with Crippen molar-refractivity contribution in [1.82, 2.24) is 19.2 Å². The molecule has 0 atom stereocenters. The maximum atomic E-state index is 12.2. The van der Waals surface area contributed by atoms with Gasteiger partial charge < -0.3 is 14.5 Å². The third-order valence-electron chi connectivity index (χ3n) is 5.54. The van der Waals surface area contributed by atoms with Gasteiger partial charge in [-0.05, 0) is 52.5 Å². The predicted molar refractivity (Wildman–Crippen MR) is 113 cm³/mol. The van der Waals surface area contributed by atoms with Crippen molar-refractivity contribution < 1.29 is 9.53 Å². The van der Waals surface area contributed by atoms with Gasteiger partial charge in [-0.3, -0.25) is 4.90 Å². The average Bonchev–Trinajstić information content (AvgIpc) is 3.15. The molecule has 3 heterocycles. The number of hydrogen-bond donors (Lipinski definition) is 0. The van der Waals surface area contributed by atoms with Crippen LogP contribution in [-0.4, -0.2) is 76.7 Å². The van der Waals surface area contributed by atoms with Crippen LogP contribution in [0.1, 0.15) is 52.8 Å². The van der Waals surface area contributed by atoms with E-state index in [2.05, 4.69) is 26.1 Å². The Kier molecular flexibility index (Phi) is 7.15. The Balaban J connectivity index is 1.33. The minimum Gasteiger partial charge on any atom is -0.444 e. The van der Waals surface area contributed by atoms with E-state index in [0.29, 0.717) is 5.92 Å². The Morgan fingerprint density at radius 3 is 2.39 bits per heavy atom. The first kappa shape index (κ1) is 21.3. The minimum atomic E-state index is -0.414. The van der Waals surface area contributed by atoms with Crippen LogP contribution in [0.15, 0.2) is 0 Å². The molecule has 0 aliphatic carbocycles. The molecule has 3 rings (SSSR count). The van der Waals surface area contributed by atoms with Crippen LogP contribution >= 0.6 is 11.5 Å². The number of carbonyl (C=O) groups is 1. The van der Waals surface area contributed by atoms with Gasteiger partial charge in [0.1, 0.15) is 11.4 Å². The molecular weight excluding hydrogens is 374 g/mol. The fourth-order valence-corrected chi connectivity index (χ4v) is 4.58. The zero-order valence-corrected chi connectivity index (χ0v) is 18.6. The first-order chi connectivity index (χ1) is 13.3. The summed E-state index contributed by atoms with van der Waals surface area (Å²) in [5.41, 5.74) is -0.414. The Morgan fingerprint density at radius 1 is 1.14 bits per heavy atom. The van der Waals surface area contributed by atoms with Gasteiger partial charge in [-0.15, -0.1) is 0 Å². The molecule has 0 aromatic carbocycles. The SMILES string of the molecule is CCc1nsc(N2CCN(CCC3CCN(C(=O)OC(C)(C)C)CC3)CC2)n1. The summed E-state index contributed by atoms with van der Waals surface area (Å²) in [6.07, 6.45) is 4.14. The van der Waals surface area contributed by atoms with Crippen molar-refractivity contribution in [3.05, 3.63) is 5.82 Å². The molecule has 2 fully saturated rings. The number of rotatable bonds is 5. The van der Waals surface area contributed by atoms with Crippen LogP contribution in [0.4, 0.5) is 9.93 Å². The summed E-state index contributed by atoms with van der Waals surface area (Å²) in [5.74, 6) is 1.67. The van der Waals surface area contributed by atoms with E-state index in [4.69, 9.17) is 4.74 Å². The summed E-state index contributed by atoms with van der Waals surface area (Å²) in [4.78, 5) is 23.6. The maximum absolute atomic E-state index is 12.2. The summed E-state index contributed by atoms with van der Waals surface area (Å²) in [7, 11) is 0. The number of carbonyl (C=O) groups excluding carboxylic acids is 1. The lowest BCUT2D eigenvalue weighted by Crippen LogP contribution is -2.47. The van der Waals surface area contributed by atoms with Crippen molar-refractivity contribution in [2.45, 2.75) is 59.0 Å². The fourth-order valence-electron chi connectivity index (χ4n) is 3.78. The lowest BCUT2D eigenvalue weighted by atomic mass is 9.93. The second kappa shape index (κ2) is 9.39. The third kappa shape index (κ3) is 6.04. The highest BCUT2D eigenvalue weighted by Crippen LogP contribution is 2.24. The third-order valence-corrected chi connectivity index (χ3v) is 6.35. The van der Waals surface area contributed by atoms with Gasteiger partial charge >= 0.3 is 6.09 Å². The molecule has 2 saturated heterocycles. The van der Waals surface area contributed by atoms with Gasteiger partial charge in [-0.1, -0.05) is 6.92 Å². The topological polar surface area (TPSA) is 61.8 Å². The van der Waals surface area contributed by atoms with Crippen LogP contribution < -0.4 is 4.90 Å². The molecule has 0 unspecified atom stereocenters. The normalized spacial score (nSPS) is 19.9. The predicted octanol–water partition coefficient (Wildman–Crippen LogP) is 3.26. The molecule has 2 aliphatic rings. The Hall–Kier alpha value is -1.41. The summed E-state index contributed by atoms with van der Waals surface area (Å²) >= 11 is 1.53. The van der Waals surface area contributed by atoms with Gasteiger partial charge in [-0.25, -0.2) is 9.78 Å². The Labute approximate surface area is 173 Å². The fraction of sp³-hybridized carbons (Fsp3) is 0.850. The molecule has 0 saturated carbocycles. The van der Waals surface area contributed by atoms with E-state index in [-0.39, 0.29) is 6.09 Å². The van der Waals surface area contributed by atoms with Crippen molar-refractivity contribution in [1.29, 1.82) is 0 Å². The molecule has 28 heavy (non-hydrogen) atoms. The first-order valence-corrected chi connectivity index (χ1v) is 11.4. The monoisotopic (exact) mass is 409 g/mol. The molecule has 0 N–H and O–H groups in total.